The van der Waals surface area contributed by atoms with Crippen molar-refractivity contribution in [2.45, 2.75) is 34.6 Å². The average Bonchev–Trinajstić information content (AvgIpc) is 3.05. The smallest absolute Gasteiger partial charge is 0.0519 e. The van der Waals surface area contributed by atoms with Crippen molar-refractivity contribution < 1.29 is 0 Å². The van der Waals surface area contributed by atoms with Gasteiger partial charge in [-0.05, 0) is 117 Å². The molecule has 0 spiro atoms. The molecule has 0 aliphatic rings. The lowest BCUT2D eigenvalue weighted by Gasteiger charge is -2.29. The predicted molar refractivity (Wildman–Crippen MR) is 195 cm³/mol. The number of para-hydroxylation sites is 3. The molecule has 0 N–H and O–H groups in total. The fourth-order valence-corrected chi connectivity index (χ4v) is 6.06. The van der Waals surface area contributed by atoms with E-state index in [0.717, 1.165) is 33.9 Å². The van der Waals surface area contributed by atoms with Crippen molar-refractivity contribution in [2.24, 2.45) is 0 Å². The first-order valence-electron chi connectivity index (χ1n) is 15.6. The molecule has 45 heavy (non-hydrogen) atoms. The third kappa shape index (κ3) is 6.46. The molecule has 0 saturated heterocycles. The van der Waals surface area contributed by atoms with E-state index in [9.17, 15) is 0 Å². The Balaban J connectivity index is 1.27. The zero-order valence-corrected chi connectivity index (χ0v) is 26.8. The molecule has 0 atom stereocenters. The Morgan fingerprint density at radius 2 is 0.667 bits per heavy atom. The minimum atomic E-state index is 1.14. The summed E-state index contributed by atoms with van der Waals surface area (Å²) in [6.45, 7) is 10.9. The van der Waals surface area contributed by atoms with Crippen LogP contribution in [0.25, 0.3) is 12.2 Å². The van der Waals surface area contributed by atoms with Gasteiger partial charge in [-0.25, -0.2) is 0 Å². The van der Waals surface area contributed by atoms with E-state index in [1.807, 2.05) is 0 Å². The highest BCUT2D eigenvalue weighted by atomic mass is 15.2. The fourth-order valence-electron chi connectivity index (χ4n) is 6.06. The number of hydrogen-bond donors (Lipinski definition) is 0. The van der Waals surface area contributed by atoms with Gasteiger partial charge in [-0.3, -0.25) is 0 Å². The van der Waals surface area contributed by atoms with Crippen molar-refractivity contribution in [3.05, 3.63) is 178 Å². The van der Waals surface area contributed by atoms with Gasteiger partial charge in [0.15, 0.2) is 0 Å². The number of nitrogens with zero attached hydrogens (tertiary/aromatic N) is 2. The summed E-state index contributed by atoms with van der Waals surface area (Å²) in [7, 11) is 0. The molecule has 6 aromatic carbocycles. The van der Waals surface area contributed by atoms with Gasteiger partial charge in [-0.1, -0.05) is 109 Å². The van der Waals surface area contributed by atoms with Crippen LogP contribution in [0.15, 0.2) is 140 Å². The van der Waals surface area contributed by atoms with Crippen LogP contribution in [0, 0.1) is 34.6 Å². The second-order valence-corrected chi connectivity index (χ2v) is 11.8. The number of benzene rings is 6. The Hall–Kier alpha value is -5.34. The molecular formula is C43H40N2. The van der Waals surface area contributed by atoms with Crippen LogP contribution in [-0.2, 0) is 0 Å². The normalized spacial score (nSPS) is 11.1. The monoisotopic (exact) mass is 584 g/mol. The molecule has 0 heterocycles. The molecule has 0 amide bonds. The molecule has 0 aliphatic heterocycles. The largest absolute Gasteiger partial charge is 0.310 e. The van der Waals surface area contributed by atoms with Gasteiger partial charge in [0.05, 0.1) is 11.4 Å². The highest BCUT2D eigenvalue weighted by Gasteiger charge is 2.17. The van der Waals surface area contributed by atoms with Gasteiger partial charge in [0.2, 0.25) is 0 Å². The van der Waals surface area contributed by atoms with Gasteiger partial charge < -0.3 is 9.80 Å². The molecule has 222 valence electrons. The minimum absolute atomic E-state index is 1.14. The van der Waals surface area contributed by atoms with Crippen molar-refractivity contribution in [2.75, 3.05) is 9.80 Å². The van der Waals surface area contributed by atoms with Crippen LogP contribution < -0.4 is 9.80 Å². The third-order valence-corrected chi connectivity index (χ3v) is 8.40. The Morgan fingerprint density at radius 3 is 1.04 bits per heavy atom. The first-order valence-corrected chi connectivity index (χ1v) is 15.6. The van der Waals surface area contributed by atoms with E-state index in [0.29, 0.717) is 0 Å². The number of hydrogen-bond acceptors (Lipinski definition) is 2. The molecule has 6 rings (SSSR count). The van der Waals surface area contributed by atoms with Crippen LogP contribution in [-0.4, -0.2) is 0 Å². The van der Waals surface area contributed by atoms with Crippen LogP contribution in [0.1, 0.15) is 38.9 Å². The summed E-state index contributed by atoms with van der Waals surface area (Å²) >= 11 is 0. The van der Waals surface area contributed by atoms with Crippen molar-refractivity contribution in [3.8, 4) is 0 Å². The molecule has 2 nitrogen and oxygen atoms in total. The predicted octanol–water partition coefficient (Wildman–Crippen LogP) is 12.3. The van der Waals surface area contributed by atoms with Crippen molar-refractivity contribution in [3.63, 3.8) is 0 Å². The Kier molecular flexibility index (Phi) is 8.66. The molecular weight excluding hydrogens is 544 g/mol. The van der Waals surface area contributed by atoms with E-state index in [4.69, 9.17) is 0 Å². The zero-order valence-electron chi connectivity index (χ0n) is 26.8. The maximum absolute atomic E-state index is 2.37. The summed E-state index contributed by atoms with van der Waals surface area (Å²) in [5, 5.41) is 0. The van der Waals surface area contributed by atoms with Crippen LogP contribution in [0.3, 0.4) is 0 Å². The molecule has 0 unspecified atom stereocenters. The van der Waals surface area contributed by atoms with E-state index in [-0.39, 0.29) is 0 Å². The van der Waals surface area contributed by atoms with Crippen LogP contribution in [0.2, 0.25) is 0 Å². The van der Waals surface area contributed by atoms with Crippen molar-refractivity contribution >= 4 is 46.3 Å². The topological polar surface area (TPSA) is 6.48 Å². The standard InChI is InChI=1S/C43H40N2/c1-31-17-25-39(26-18-31)45(43-34(4)13-10-14-35(43)5)41-29-23-37(24-30-41)20-19-36-21-27-40(28-22-36)44(38-15-7-6-8-16-38)42-32(2)11-9-12-33(42)3/h6-30H,1-5H3. The SMILES string of the molecule is Cc1ccc(N(c2ccc(C=Cc3ccc(N(c4ccccc4)c4c(C)cccc4C)cc3)cc2)c2c(C)cccc2C)cc1. The molecule has 2 heteroatoms. The number of rotatable bonds is 8. The van der Waals surface area contributed by atoms with Gasteiger partial charge in [-0.15, -0.1) is 0 Å². The second kappa shape index (κ2) is 13.1. The molecule has 0 radical (unpaired) electrons. The first kappa shape index (κ1) is 29.7. The summed E-state index contributed by atoms with van der Waals surface area (Å²) in [6.07, 6.45) is 4.38. The second-order valence-electron chi connectivity index (χ2n) is 11.8. The van der Waals surface area contributed by atoms with E-state index < -0.39 is 0 Å². The van der Waals surface area contributed by atoms with E-state index in [1.54, 1.807) is 0 Å². The summed E-state index contributed by atoms with van der Waals surface area (Å²) in [5.41, 5.74) is 15.7. The Labute approximate surface area is 268 Å². The summed E-state index contributed by atoms with van der Waals surface area (Å²) in [5.74, 6) is 0. The number of aryl methyl sites for hydroxylation is 5. The summed E-state index contributed by atoms with van der Waals surface area (Å²) in [4.78, 5) is 4.72. The Morgan fingerprint density at radius 1 is 0.333 bits per heavy atom. The molecule has 0 fully saturated rings. The van der Waals surface area contributed by atoms with Gasteiger partial charge in [0, 0.05) is 22.7 Å². The maximum Gasteiger partial charge on any atom is 0.0519 e. The third-order valence-electron chi connectivity index (χ3n) is 8.40. The average molecular weight is 585 g/mol. The lowest BCUT2D eigenvalue weighted by molar-refractivity contribution is 1.21. The molecule has 0 bridgehead atoms. The highest BCUT2D eigenvalue weighted by Crippen LogP contribution is 2.40. The van der Waals surface area contributed by atoms with Gasteiger partial charge >= 0.3 is 0 Å². The fraction of sp³-hybridized carbons (Fsp3) is 0.116. The quantitative estimate of drug-likeness (QED) is 0.164. The highest BCUT2D eigenvalue weighted by molar-refractivity contribution is 5.83. The summed E-state index contributed by atoms with van der Waals surface area (Å²) in [6, 6.07) is 50.0. The maximum atomic E-state index is 2.37. The van der Waals surface area contributed by atoms with E-state index >= 15 is 0 Å². The Bertz CT molecular complexity index is 1880. The zero-order chi connectivity index (χ0) is 31.3. The van der Waals surface area contributed by atoms with Crippen molar-refractivity contribution in [1.82, 2.24) is 0 Å². The minimum Gasteiger partial charge on any atom is -0.310 e. The van der Waals surface area contributed by atoms with Gasteiger partial charge in [0.25, 0.3) is 0 Å². The summed E-state index contributed by atoms with van der Waals surface area (Å²) < 4.78 is 0. The van der Waals surface area contributed by atoms with Gasteiger partial charge in [0.1, 0.15) is 0 Å². The lowest BCUT2D eigenvalue weighted by Crippen LogP contribution is -2.12. The van der Waals surface area contributed by atoms with Crippen LogP contribution in [0.5, 0.6) is 0 Å². The first-order chi connectivity index (χ1) is 21.9. The van der Waals surface area contributed by atoms with Gasteiger partial charge in [-0.2, -0.15) is 0 Å². The van der Waals surface area contributed by atoms with E-state index in [2.05, 4.69) is 196 Å². The van der Waals surface area contributed by atoms with Crippen LogP contribution in [0.4, 0.5) is 34.1 Å². The molecule has 0 saturated carbocycles. The molecule has 0 aromatic heterocycles. The number of anilines is 6. The molecule has 6 aromatic rings. The van der Waals surface area contributed by atoms with Crippen LogP contribution >= 0.6 is 0 Å². The van der Waals surface area contributed by atoms with Crippen molar-refractivity contribution in [1.29, 1.82) is 0 Å². The molecule has 0 aliphatic carbocycles. The lowest BCUT2D eigenvalue weighted by atomic mass is 10.0. The van der Waals surface area contributed by atoms with E-state index in [1.165, 1.54) is 39.2 Å².